The van der Waals surface area contributed by atoms with Gasteiger partial charge in [-0.15, -0.1) is 0 Å². The van der Waals surface area contributed by atoms with Crippen LogP contribution in [0.4, 0.5) is 8.78 Å². The van der Waals surface area contributed by atoms with Crippen LogP contribution < -0.4 is 10.1 Å². The van der Waals surface area contributed by atoms with Gasteiger partial charge in [-0.25, -0.2) is 8.78 Å². The number of aliphatic hydroxyl groups is 1. The van der Waals surface area contributed by atoms with Crippen LogP contribution in [0.15, 0.2) is 30.4 Å². The summed E-state index contributed by atoms with van der Waals surface area (Å²) in [6.45, 7) is 2.48. The molecule has 0 fully saturated rings. The van der Waals surface area contributed by atoms with Gasteiger partial charge in [-0.05, 0) is 25.5 Å². The lowest BCUT2D eigenvalue weighted by atomic mass is 10.1. The van der Waals surface area contributed by atoms with E-state index in [-0.39, 0.29) is 24.6 Å². The third kappa shape index (κ3) is 4.02. The van der Waals surface area contributed by atoms with Crippen molar-refractivity contribution in [2.75, 3.05) is 13.2 Å². The highest BCUT2D eigenvalue weighted by atomic mass is 19.2. The van der Waals surface area contributed by atoms with Crippen molar-refractivity contribution in [3.05, 3.63) is 42.0 Å². The molecule has 1 aromatic carbocycles. The zero-order valence-electron chi connectivity index (χ0n) is 11.4. The maximum Gasteiger partial charge on any atom is 0.162 e. The Morgan fingerprint density at radius 1 is 1.35 bits per heavy atom. The van der Waals surface area contributed by atoms with Gasteiger partial charge in [-0.1, -0.05) is 12.2 Å². The number of benzene rings is 1. The number of ether oxygens (including phenoxy) is 1. The number of aliphatic hydroxyl groups excluding tert-OH is 1. The molecule has 0 unspecified atom stereocenters. The van der Waals surface area contributed by atoms with Gasteiger partial charge in [0.25, 0.3) is 0 Å². The molecule has 3 nitrogen and oxygen atoms in total. The molecule has 20 heavy (non-hydrogen) atoms. The first kappa shape index (κ1) is 14.9. The van der Waals surface area contributed by atoms with Crippen molar-refractivity contribution in [1.29, 1.82) is 0 Å². The highest BCUT2D eigenvalue weighted by Gasteiger charge is 2.19. The minimum absolute atomic E-state index is 0.0650. The van der Waals surface area contributed by atoms with E-state index in [1.54, 1.807) is 0 Å². The van der Waals surface area contributed by atoms with Crippen LogP contribution in [0, 0.1) is 17.6 Å². The quantitative estimate of drug-likeness (QED) is 0.787. The molecule has 0 saturated carbocycles. The summed E-state index contributed by atoms with van der Waals surface area (Å²) in [4.78, 5) is 0. The Kier molecular flexibility index (Phi) is 5.09. The van der Waals surface area contributed by atoms with Crippen LogP contribution in [-0.4, -0.2) is 30.4 Å². The maximum absolute atomic E-state index is 13.0. The molecule has 5 heteroatoms. The molecule has 1 aromatic rings. The summed E-state index contributed by atoms with van der Waals surface area (Å²) >= 11 is 0. The van der Waals surface area contributed by atoms with E-state index in [9.17, 15) is 8.78 Å². The first-order chi connectivity index (χ1) is 9.58. The number of hydrogen-bond donors (Lipinski definition) is 2. The smallest absolute Gasteiger partial charge is 0.162 e. The first-order valence-corrected chi connectivity index (χ1v) is 6.71. The van der Waals surface area contributed by atoms with Gasteiger partial charge in [-0.3, -0.25) is 0 Å². The molecular formula is C15H19F2NO2. The molecule has 2 rings (SSSR count). The Balaban J connectivity index is 1.76. The fraction of sp³-hybridized carbons (Fsp3) is 0.467. The monoisotopic (exact) mass is 283 g/mol. The Labute approximate surface area is 117 Å². The summed E-state index contributed by atoms with van der Waals surface area (Å²) in [5.41, 5.74) is 0. The predicted octanol–water partition coefficient (Wildman–Crippen LogP) is 2.26. The highest BCUT2D eigenvalue weighted by molar-refractivity contribution is 5.23. The Morgan fingerprint density at radius 2 is 2.15 bits per heavy atom. The topological polar surface area (TPSA) is 41.5 Å². The maximum atomic E-state index is 13.0. The minimum atomic E-state index is -0.910. The van der Waals surface area contributed by atoms with Gasteiger partial charge >= 0.3 is 0 Å². The average molecular weight is 283 g/mol. The van der Waals surface area contributed by atoms with Crippen LogP contribution in [-0.2, 0) is 0 Å². The molecular weight excluding hydrogens is 264 g/mol. The first-order valence-electron chi connectivity index (χ1n) is 6.71. The van der Waals surface area contributed by atoms with Crippen molar-refractivity contribution in [3.8, 4) is 5.75 Å². The van der Waals surface area contributed by atoms with Crippen molar-refractivity contribution < 1.29 is 18.6 Å². The number of nitrogens with one attached hydrogen (secondary N) is 1. The van der Waals surface area contributed by atoms with E-state index in [1.165, 1.54) is 6.07 Å². The largest absolute Gasteiger partial charge is 0.492 e. The average Bonchev–Trinajstić information content (AvgIpc) is 2.88. The van der Waals surface area contributed by atoms with E-state index in [1.807, 2.05) is 19.1 Å². The van der Waals surface area contributed by atoms with Crippen molar-refractivity contribution in [1.82, 2.24) is 5.32 Å². The Morgan fingerprint density at radius 3 is 2.80 bits per heavy atom. The van der Waals surface area contributed by atoms with Crippen molar-refractivity contribution in [3.63, 3.8) is 0 Å². The van der Waals surface area contributed by atoms with Crippen LogP contribution in [0.3, 0.4) is 0 Å². The van der Waals surface area contributed by atoms with E-state index in [2.05, 4.69) is 5.32 Å². The Hall–Kier alpha value is -1.46. The van der Waals surface area contributed by atoms with E-state index < -0.39 is 11.6 Å². The number of halogens is 2. The minimum Gasteiger partial charge on any atom is -0.492 e. The normalized spacial score (nSPS) is 23.0. The summed E-state index contributed by atoms with van der Waals surface area (Å²) in [6.07, 6.45) is 4.90. The van der Waals surface area contributed by atoms with E-state index in [4.69, 9.17) is 9.84 Å². The lowest BCUT2D eigenvalue weighted by Gasteiger charge is -2.19. The summed E-state index contributed by atoms with van der Waals surface area (Å²) in [6, 6.07) is 3.78. The summed E-state index contributed by atoms with van der Waals surface area (Å²) in [5.74, 6) is -1.26. The molecule has 3 atom stereocenters. The van der Waals surface area contributed by atoms with Crippen LogP contribution in [0.25, 0.3) is 0 Å². The van der Waals surface area contributed by atoms with Gasteiger partial charge < -0.3 is 15.2 Å². The molecule has 0 aromatic heterocycles. The molecule has 0 heterocycles. The van der Waals surface area contributed by atoms with Gasteiger partial charge in [0.15, 0.2) is 11.6 Å². The van der Waals surface area contributed by atoms with Crippen LogP contribution >= 0.6 is 0 Å². The molecule has 2 N–H and O–H groups in total. The molecule has 0 saturated heterocycles. The predicted molar refractivity (Wildman–Crippen MR) is 72.6 cm³/mol. The lowest BCUT2D eigenvalue weighted by Crippen LogP contribution is -2.38. The molecule has 0 amide bonds. The van der Waals surface area contributed by atoms with Gasteiger partial charge in [0, 0.05) is 30.7 Å². The highest BCUT2D eigenvalue weighted by Crippen LogP contribution is 2.18. The SMILES string of the molecule is C[C@@H](COc1ccc(F)c(F)c1)N[C@@H]1C=C[C@H](CO)C1. The molecule has 0 bridgehead atoms. The number of rotatable bonds is 6. The van der Waals surface area contributed by atoms with Gasteiger partial charge in [0.1, 0.15) is 12.4 Å². The number of hydrogen-bond acceptors (Lipinski definition) is 3. The van der Waals surface area contributed by atoms with Crippen molar-refractivity contribution in [2.24, 2.45) is 5.92 Å². The summed E-state index contributed by atoms with van der Waals surface area (Å²) < 4.78 is 31.2. The fourth-order valence-corrected chi connectivity index (χ4v) is 2.23. The van der Waals surface area contributed by atoms with Gasteiger partial charge in [0.05, 0.1) is 0 Å². The second kappa shape index (κ2) is 6.81. The molecule has 1 aliphatic carbocycles. The van der Waals surface area contributed by atoms with Crippen molar-refractivity contribution in [2.45, 2.75) is 25.4 Å². The lowest BCUT2D eigenvalue weighted by molar-refractivity contribution is 0.236. The second-order valence-electron chi connectivity index (χ2n) is 5.12. The fourth-order valence-electron chi connectivity index (χ4n) is 2.23. The van der Waals surface area contributed by atoms with E-state index in [0.29, 0.717) is 12.4 Å². The van der Waals surface area contributed by atoms with E-state index in [0.717, 1.165) is 18.6 Å². The van der Waals surface area contributed by atoms with Crippen LogP contribution in [0.2, 0.25) is 0 Å². The van der Waals surface area contributed by atoms with Gasteiger partial charge in [0.2, 0.25) is 0 Å². The van der Waals surface area contributed by atoms with Gasteiger partial charge in [-0.2, -0.15) is 0 Å². The van der Waals surface area contributed by atoms with Crippen LogP contribution in [0.5, 0.6) is 5.75 Å². The summed E-state index contributed by atoms with van der Waals surface area (Å²) in [5, 5.41) is 12.4. The standard InChI is InChI=1S/C15H19F2NO2/c1-10(18-12-3-2-11(6-12)8-19)9-20-13-4-5-14(16)15(17)7-13/h2-5,7,10-12,18-19H,6,8-9H2,1H3/t10-,11-,12+/m0/s1. The third-order valence-electron chi connectivity index (χ3n) is 3.30. The third-order valence-corrected chi connectivity index (χ3v) is 3.30. The summed E-state index contributed by atoms with van der Waals surface area (Å²) in [7, 11) is 0. The molecule has 0 spiro atoms. The van der Waals surface area contributed by atoms with E-state index >= 15 is 0 Å². The zero-order valence-corrected chi connectivity index (χ0v) is 11.4. The molecule has 0 aliphatic heterocycles. The Bertz CT molecular complexity index is 479. The second-order valence-corrected chi connectivity index (χ2v) is 5.12. The zero-order chi connectivity index (χ0) is 14.5. The molecule has 0 radical (unpaired) electrons. The van der Waals surface area contributed by atoms with Crippen molar-refractivity contribution >= 4 is 0 Å². The van der Waals surface area contributed by atoms with Crippen LogP contribution in [0.1, 0.15) is 13.3 Å². The molecule has 1 aliphatic rings. The molecule has 110 valence electrons.